The van der Waals surface area contributed by atoms with Crippen molar-refractivity contribution in [2.75, 3.05) is 0 Å². The van der Waals surface area contributed by atoms with Gasteiger partial charge in [0.25, 0.3) is 0 Å². The van der Waals surface area contributed by atoms with Crippen LogP contribution in [0.5, 0.6) is 0 Å². The van der Waals surface area contributed by atoms with Crippen molar-refractivity contribution in [3.8, 4) is 0 Å². The maximum atomic E-state index is 9.67. The topological polar surface area (TPSA) is 60.7 Å². The standard InChI is InChI=1S/C22H34O3/c1-3-5-13-17-20(23)18-14-11-9-7-6-8-10-12-15-19-22(25)21(24)16-4-2/h5-6,8-15,18-25H,3-4,7,16-17H2,1-2H3/b8-6-,11-9-,12-10+,13-5-,18-14+,19-15+/t20-,21-,22?/m0/s1. The zero-order valence-corrected chi connectivity index (χ0v) is 15.5. The SMILES string of the molecule is CC/C=C\C[C@H](O)/C=C/C=C\C\C=C/C=C/C=C/C(O)[C@@H](O)CCC. The smallest absolute Gasteiger partial charge is 0.0982 e. The third-order valence-corrected chi connectivity index (χ3v) is 3.39. The van der Waals surface area contributed by atoms with Crippen molar-refractivity contribution in [3.63, 3.8) is 0 Å². The van der Waals surface area contributed by atoms with Crippen molar-refractivity contribution in [3.05, 3.63) is 72.9 Å². The van der Waals surface area contributed by atoms with Gasteiger partial charge >= 0.3 is 0 Å². The molecular weight excluding hydrogens is 312 g/mol. The van der Waals surface area contributed by atoms with E-state index in [9.17, 15) is 15.3 Å². The minimum absolute atomic E-state index is 0.427. The van der Waals surface area contributed by atoms with Crippen LogP contribution in [0.4, 0.5) is 0 Å². The monoisotopic (exact) mass is 346 g/mol. The Morgan fingerprint density at radius 2 is 1.36 bits per heavy atom. The van der Waals surface area contributed by atoms with Gasteiger partial charge in [0.2, 0.25) is 0 Å². The van der Waals surface area contributed by atoms with Gasteiger partial charge in [-0.05, 0) is 25.7 Å². The average molecular weight is 347 g/mol. The second-order valence-corrected chi connectivity index (χ2v) is 5.78. The molecule has 0 radical (unpaired) electrons. The van der Waals surface area contributed by atoms with Gasteiger partial charge in [-0.15, -0.1) is 0 Å². The summed E-state index contributed by atoms with van der Waals surface area (Å²) in [6.45, 7) is 4.05. The fourth-order valence-electron chi connectivity index (χ4n) is 1.97. The van der Waals surface area contributed by atoms with Gasteiger partial charge in [-0.3, -0.25) is 0 Å². The Labute approximate surface area is 153 Å². The molecule has 3 atom stereocenters. The predicted octanol–water partition coefficient (Wildman–Crippen LogP) is 4.40. The van der Waals surface area contributed by atoms with Gasteiger partial charge in [-0.25, -0.2) is 0 Å². The lowest BCUT2D eigenvalue weighted by Crippen LogP contribution is -2.23. The lowest BCUT2D eigenvalue weighted by atomic mass is 10.1. The molecule has 0 aromatic rings. The second kappa shape index (κ2) is 17.2. The molecule has 0 heterocycles. The molecule has 0 rings (SSSR count). The van der Waals surface area contributed by atoms with E-state index < -0.39 is 18.3 Å². The molecule has 0 fully saturated rings. The quantitative estimate of drug-likeness (QED) is 0.342. The number of aliphatic hydroxyl groups excluding tert-OH is 3. The molecule has 0 spiro atoms. The fraction of sp³-hybridized carbons (Fsp3) is 0.455. The second-order valence-electron chi connectivity index (χ2n) is 5.78. The summed E-state index contributed by atoms with van der Waals surface area (Å²) in [6, 6.07) is 0. The van der Waals surface area contributed by atoms with Crippen molar-refractivity contribution in [2.24, 2.45) is 0 Å². The van der Waals surface area contributed by atoms with E-state index in [4.69, 9.17) is 0 Å². The van der Waals surface area contributed by atoms with E-state index in [1.54, 1.807) is 18.2 Å². The molecule has 0 aromatic heterocycles. The molecule has 0 aliphatic carbocycles. The van der Waals surface area contributed by atoms with Crippen LogP contribution in [-0.2, 0) is 0 Å². The Morgan fingerprint density at radius 3 is 2.04 bits per heavy atom. The molecule has 3 N–H and O–H groups in total. The van der Waals surface area contributed by atoms with Crippen LogP contribution >= 0.6 is 0 Å². The Bertz CT molecular complexity index is 470. The normalized spacial score (nSPS) is 17.2. The summed E-state index contributed by atoms with van der Waals surface area (Å²) in [4.78, 5) is 0. The van der Waals surface area contributed by atoms with Crippen LogP contribution in [0.25, 0.3) is 0 Å². The number of allylic oxidation sites excluding steroid dienone is 9. The van der Waals surface area contributed by atoms with Gasteiger partial charge < -0.3 is 15.3 Å². The molecule has 0 aliphatic heterocycles. The van der Waals surface area contributed by atoms with Gasteiger partial charge in [0.15, 0.2) is 0 Å². The van der Waals surface area contributed by atoms with Crippen molar-refractivity contribution in [1.82, 2.24) is 0 Å². The van der Waals surface area contributed by atoms with Gasteiger partial charge in [0.05, 0.1) is 18.3 Å². The maximum Gasteiger partial charge on any atom is 0.0982 e. The summed E-state index contributed by atoms with van der Waals surface area (Å²) in [5, 5.41) is 28.9. The van der Waals surface area contributed by atoms with Crippen LogP contribution in [0.3, 0.4) is 0 Å². The molecule has 3 heteroatoms. The number of rotatable bonds is 13. The molecule has 3 nitrogen and oxygen atoms in total. The zero-order valence-electron chi connectivity index (χ0n) is 15.5. The minimum atomic E-state index is -0.809. The minimum Gasteiger partial charge on any atom is -0.390 e. The average Bonchev–Trinajstić information content (AvgIpc) is 2.59. The molecule has 140 valence electrons. The molecule has 0 saturated carbocycles. The molecule has 1 unspecified atom stereocenters. The summed E-state index contributed by atoms with van der Waals surface area (Å²) in [7, 11) is 0. The molecule has 25 heavy (non-hydrogen) atoms. The van der Waals surface area contributed by atoms with Crippen LogP contribution in [0.2, 0.25) is 0 Å². The highest BCUT2D eigenvalue weighted by molar-refractivity contribution is 5.14. The predicted molar refractivity (Wildman–Crippen MR) is 107 cm³/mol. The number of hydrogen-bond donors (Lipinski definition) is 3. The van der Waals surface area contributed by atoms with Crippen molar-refractivity contribution >= 4 is 0 Å². The first-order valence-electron chi connectivity index (χ1n) is 9.14. The highest BCUT2D eigenvalue weighted by Gasteiger charge is 2.10. The fourth-order valence-corrected chi connectivity index (χ4v) is 1.97. The highest BCUT2D eigenvalue weighted by atomic mass is 16.3. The van der Waals surface area contributed by atoms with E-state index in [2.05, 4.69) is 13.0 Å². The van der Waals surface area contributed by atoms with E-state index in [0.717, 1.165) is 19.3 Å². The van der Waals surface area contributed by atoms with E-state index in [1.807, 2.05) is 55.5 Å². The summed E-state index contributed by atoms with van der Waals surface area (Å²) in [5.41, 5.74) is 0. The lowest BCUT2D eigenvalue weighted by Gasteiger charge is -2.12. The van der Waals surface area contributed by atoms with Gasteiger partial charge in [-0.2, -0.15) is 0 Å². The van der Waals surface area contributed by atoms with Crippen LogP contribution in [-0.4, -0.2) is 33.6 Å². The van der Waals surface area contributed by atoms with Gasteiger partial charge in [0.1, 0.15) is 0 Å². The molecular formula is C22H34O3. The molecule has 0 aromatic carbocycles. The summed E-state index contributed by atoms with van der Waals surface area (Å²) in [5.74, 6) is 0. The molecule has 0 saturated heterocycles. The van der Waals surface area contributed by atoms with Crippen LogP contribution in [0.15, 0.2) is 72.9 Å². The molecule has 0 aliphatic rings. The van der Waals surface area contributed by atoms with Crippen LogP contribution in [0.1, 0.15) is 46.0 Å². The number of aliphatic hydroxyl groups is 3. The van der Waals surface area contributed by atoms with Crippen LogP contribution in [0, 0.1) is 0 Å². The molecule has 0 amide bonds. The van der Waals surface area contributed by atoms with E-state index in [-0.39, 0.29) is 0 Å². The third kappa shape index (κ3) is 15.6. The highest BCUT2D eigenvalue weighted by Crippen LogP contribution is 2.03. The Hall–Kier alpha value is -1.68. The summed E-state index contributed by atoms with van der Waals surface area (Å²) >= 11 is 0. The van der Waals surface area contributed by atoms with Crippen LogP contribution < -0.4 is 0 Å². The zero-order chi connectivity index (χ0) is 18.8. The maximum absolute atomic E-state index is 9.67. The lowest BCUT2D eigenvalue weighted by molar-refractivity contribution is 0.0428. The first-order valence-corrected chi connectivity index (χ1v) is 9.14. The molecule has 0 bridgehead atoms. The van der Waals surface area contributed by atoms with Crippen molar-refractivity contribution < 1.29 is 15.3 Å². The summed E-state index contributed by atoms with van der Waals surface area (Å²) < 4.78 is 0. The first kappa shape index (κ1) is 23.3. The largest absolute Gasteiger partial charge is 0.390 e. The van der Waals surface area contributed by atoms with Gasteiger partial charge in [0, 0.05) is 0 Å². The van der Waals surface area contributed by atoms with E-state index >= 15 is 0 Å². The Morgan fingerprint density at radius 1 is 0.720 bits per heavy atom. The van der Waals surface area contributed by atoms with Crippen molar-refractivity contribution in [2.45, 2.75) is 64.3 Å². The Balaban J connectivity index is 3.92. The van der Waals surface area contributed by atoms with E-state index in [1.165, 1.54) is 0 Å². The Kier molecular flexibility index (Phi) is 16.0. The number of hydrogen-bond acceptors (Lipinski definition) is 3. The van der Waals surface area contributed by atoms with E-state index in [0.29, 0.717) is 12.8 Å². The summed E-state index contributed by atoms with van der Waals surface area (Å²) in [6.07, 6.45) is 24.6. The van der Waals surface area contributed by atoms with Gasteiger partial charge in [-0.1, -0.05) is 93.2 Å². The van der Waals surface area contributed by atoms with Crippen molar-refractivity contribution in [1.29, 1.82) is 0 Å². The first-order chi connectivity index (χ1) is 12.1. The third-order valence-electron chi connectivity index (χ3n) is 3.39.